The highest BCUT2D eigenvalue weighted by molar-refractivity contribution is 5.79. The fraction of sp³-hybridized carbons (Fsp3) is 0.379. The van der Waals surface area contributed by atoms with E-state index in [4.69, 9.17) is 14.2 Å². The van der Waals surface area contributed by atoms with Gasteiger partial charge in [-0.3, -0.25) is 0 Å². The van der Waals surface area contributed by atoms with Crippen LogP contribution in [0.5, 0.6) is 11.5 Å². The second-order valence-corrected chi connectivity index (χ2v) is 10.5. The molecule has 3 aromatic carbocycles. The number of benzene rings is 3. The predicted molar refractivity (Wildman–Crippen MR) is 121 cm³/mol. The van der Waals surface area contributed by atoms with E-state index in [-0.39, 0.29) is 12.2 Å². The third-order valence-corrected chi connectivity index (χ3v) is 9.06. The topological polar surface area (TPSA) is 27.7 Å². The lowest BCUT2D eigenvalue weighted by Crippen LogP contribution is -2.24. The van der Waals surface area contributed by atoms with Crippen molar-refractivity contribution in [3.63, 3.8) is 0 Å². The molecule has 3 heterocycles. The molecule has 2 bridgehead atoms. The molecular formula is C29H24O3. The summed E-state index contributed by atoms with van der Waals surface area (Å²) in [6.45, 7) is 0.325. The van der Waals surface area contributed by atoms with Gasteiger partial charge in [0.2, 0.25) is 6.79 Å². The molecular weight excluding hydrogens is 396 g/mol. The minimum atomic E-state index is 0.106. The van der Waals surface area contributed by atoms with Crippen molar-refractivity contribution in [2.45, 2.75) is 62.6 Å². The average molecular weight is 421 g/mol. The van der Waals surface area contributed by atoms with Crippen molar-refractivity contribution in [1.29, 1.82) is 0 Å². The zero-order valence-corrected chi connectivity index (χ0v) is 17.9. The molecule has 3 nitrogen and oxygen atoms in total. The van der Waals surface area contributed by atoms with Crippen molar-refractivity contribution in [1.82, 2.24) is 0 Å². The predicted octanol–water partition coefficient (Wildman–Crippen LogP) is 6.07. The van der Waals surface area contributed by atoms with Crippen LogP contribution >= 0.6 is 0 Å². The third-order valence-electron chi connectivity index (χ3n) is 9.06. The van der Waals surface area contributed by atoms with Crippen molar-refractivity contribution in [2.75, 3.05) is 6.79 Å². The molecule has 0 spiro atoms. The zero-order valence-electron chi connectivity index (χ0n) is 17.9. The molecule has 9 rings (SSSR count). The molecule has 0 aromatic heterocycles. The molecule has 3 aliphatic carbocycles. The minimum absolute atomic E-state index is 0.106. The molecule has 6 aliphatic rings. The van der Waals surface area contributed by atoms with Crippen LogP contribution in [0.1, 0.15) is 81.4 Å². The molecule has 32 heavy (non-hydrogen) atoms. The van der Waals surface area contributed by atoms with Gasteiger partial charge in [0.1, 0.15) is 0 Å². The van der Waals surface area contributed by atoms with Crippen molar-refractivity contribution >= 4 is 0 Å². The zero-order chi connectivity index (χ0) is 20.6. The van der Waals surface area contributed by atoms with Gasteiger partial charge in [-0.2, -0.15) is 0 Å². The molecule has 4 atom stereocenters. The molecule has 0 N–H and O–H groups in total. The summed E-state index contributed by atoms with van der Waals surface area (Å²) in [7, 11) is 0. The van der Waals surface area contributed by atoms with Gasteiger partial charge >= 0.3 is 0 Å². The van der Waals surface area contributed by atoms with E-state index in [0.29, 0.717) is 18.6 Å². The van der Waals surface area contributed by atoms with Crippen molar-refractivity contribution in [3.05, 3.63) is 80.9 Å². The Morgan fingerprint density at radius 2 is 1.00 bits per heavy atom. The van der Waals surface area contributed by atoms with Crippen LogP contribution in [-0.2, 0) is 30.4 Å². The SMILES string of the molecule is c1c2c(cc3c1-c1cc4c(cc1[C@H]1[C@@H]3[C@H]3O[C@@H]1c1cc5c(cc13)OCO5)CCC4)CCC2. The fourth-order valence-electron chi connectivity index (χ4n) is 7.72. The van der Waals surface area contributed by atoms with Gasteiger partial charge in [-0.15, -0.1) is 0 Å². The maximum absolute atomic E-state index is 6.81. The summed E-state index contributed by atoms with van der Waals surface area (Å²) in [5.41, 5.74) is 14.9. The van der Waals surface area contributed by atoms with Gasteiger partial charge in [0.15, 0.2) is 11.5 Å². The number of hydrogen-bond acceptors (Lipinski definition) is 3. The Bertz CT molecular complexity index is 1270. The van der Waals surface area contributed by atoms with Crippen LogP contribution in [0.25, 0.3) is 11.1 Å². The first-order valence-electron chi connectivity index (χ1n) is 12.2. The lowest BCUT2D eigenvalue weighted by Gasteiger charge is -2.38. The van der Waals surface area contributed by atoms with E-state index >= 15 is 0 Å². The Morgan fingerprint density at radius 3 is 1.50 bits per heavy atom. The third kappa shape index (κ3) is 1.90. The quantitative estimate of drug-likeness (QED) is 0.442. The van der Waals surface area contributed by atoms with Crippen LogP contribution in [0.4, 0.5) is 0 Å². The molecule has 0 radical (unpaired) electrons. The number of rotatable bonds is 0. The highest BCUT2D eigenvalue weighted by Gasteiger charge is 2.56. The van der Waals surface area contributed by atoms with Crippen LogP contribution in [0, 0.1) is 0 Å². The van der Waals surface area contributed by atoms with Crippen LogP contribution in [0.2, 0.25) is 0 Å². The molecule has 3 aliphatic heterocycles. The van der Waals surface area contributed by atoms with E-state index in [2.05, 4.69) is 36.4 Å². The first-order valence-corrected chi connectivity index (χ1v) is 12.2. The van der Waals surface area contributed by atoms with Gasteiger partial charge in [-0.1, -0.05) is 24.3 Å². The molecule has 0 saturated carbocycles. The monoisotopic (exact) mass is 420 g/mol. The van der Waals surface area contributed by atoms with Crippen LogP contribution in [0.3, 0.4) is 0 Å². The fourth-order valence-corrected chi connectivity index (χ4v) is 7.72. The lowest BCUT2D eigenvalue weighted by atomic mass is 9.63. The summed E-state index contributed by atoms with van der Waals surface area (Å²) < 4.78 is 18.3. The Kier molecular flexibility index (Phi) is 2.93. The molecule has 0 unspecified atom stereocenters. The van der Waals surface area contributed by atoms with Crippen LogP contribution in [0.15, 0.2) is 36.4 Å². The molecule has 158 valence electrons. The summed E-state index contributed by atoms with van der Waals surface area (Å²) in [6.07, 6.45) is 7.69. The summed E-state index contributed by atoms with van der Waals surface area (Å²) in [4.78, 5) is 0. The van der Waals surface area contributed by atoms with Gasteiger partial charge in [0, 0.05) is 11.8 Å². The largest absolute Gasteiger partial charge is 0.454 e. The molecule has 1 saturated heterocycles. The maximum Gasteiger partial charge on any atom is 0.231 e. The molecule has 3 aromatic rings. The number of hydrogen-bond donors (Lipinski definition) is 0. The number of ether oxygens (including phenoxy) is 3. The number of aryl methyl sites for hydroxylation is 4. The Balaban J connectivity index is 1.33. The van der Waals surface area contributed by atoms with E-state index in [0.717, 1.165) is 11.5 Å². The van der Waals surface area contributed by atoms with E-state index in [1.165, 1.54) is 71.9 Å². The van der Waals surface area contributed by atoms with E-state index in [9.17, 15) is 0 Å². The average Bonchev–Trinajstić information content (AvgIpc) is 3.62. The number of fused-ring (bicyclic) bond motifs is 16. The van der Waals surface area contributed by atoms with Crippen LogP contribution < -0.4 is 9.47 Å². The summed E-state index contributed by atoms with van der Waals surface area (Å²) in [5.74, 6) is 2.53. The first kappa shape index (κ1) is 16.8. The molecule has 0 amide bonds. The second kappa shape index (κ2) is 5.58. The van der Waals surface area contributed by atoms with E-state index in [1.54, 1.807) is 22.3 Å². The standard InChI is InChI=1S/C29H24O3/c1-3-14-7-18-19-8-15-4-2-6-17(15)10-21(19)27-26(20(18)9-16(14)5-1)28-22-11-24-25(31-13-30-24)12-23(22)29(27)32-28/h7-12,26-29H,1-6,13H2/t26-,27+,28+,29-. The van der Waals surface area contributed by atoms with Gasteiger partial charge < -0.3 is 14.2 Å². The molecule has 3 heteroatoms. The molecule has 1 fully saturated rings. The Hall–Kier alpha value is -2.78. The highest BCUT2D eigenvalue weighted by atomic mass is 16.7. The van der Waals surface area contributed by atoms with E-state index in [1.807, 2.05) is 0 Å². The Morgan fingerprint density at radius 1 is 0.531 bits per heavy atom. The van der Waals surface area contributed by atoms with Crippen molar-refractivity contribution in [3.8, 4) is 22.6 Å². The highest BCUT2D eigenvalue weighted by Crippen LogP contribution is 2.69. The summed E-state index contributed by atoms with van der Waals surface area (Å²) in [6, 6.07) is 14.6. The van der Waals surface area contributed by atoms with Crippen LogP contribution in [-0.4, -0.2) is 6.79 Å². The van der Waals surface area contributed by atoms with Gasteiger partial charge in [-0.05, 0) is 106 Å². The van der Waals surface area contributed by atoms with Gasteiger partial charge in [-0.25, -0.2) is 0 Å². The summed E-state index contributed by atoms with van der Waals surface area (Å²) in [5, 5.41) is 0. The van der Waals surface area contributed by atoms with Gasteiger partial charge in [0.05, 0.1) is 12.2 Å². The smallest absolute Gasteiger partial charge is 0.231 e. The van der Waals surface area contributed by atoms with Crippen molar-refractivity contribution < 1.29 is 14.2 Å². The lowest BCUT2D eigenvalue weighted by molar-refractivity contribution is 0.0641. The van der Waals surface area contributed by atoms with Gasteiger partial charge in [0.25, 0.3) is 0 Å². The first-order chi connectivity index (χ1) is 15.8. The maximum atomic E-state index is 6.81. The van der Waals surface area contributed by atoms with E-state index < -0.39 is 0 Å². The minimum Gasteiger partial charge on any atom is -0.454 e. The summed E-state index contributed by atoms with van der Waals surface area (Å²) >= 11 is 0. The van der Waals surface area contributed by atoms with Crippen molar-refractivity contribution in [2.24, 2.45) is 0 Å². The normalized spacial score (nSPS) is 28.8. The Labute approximate surface area is 187 Å². The second-order valence-electron chi connectivity index (χ2n) is 10.5.